The molecule has 250 valence electrons. The van der Waals surface area contributed by atoms with E-state index in [1.807, 2.05) is 24.3 Å². The van der Waals surface area contributed by atoms with E-state index in [0.29, 0.717) is 18.5 Å². The Bertz CT molecular complexity index is 1840. The van der Waals surface area contributed by atoms with Gasteiger partial charge in [0.1, 0.15) is 18.2 Å². The summed E-state index contributed by atoms with van der Waals surface area (Å²) in [6, 6.07) is 18.9. The van der Waals surface area contributed by atoms with Crippen LogP contribution in [0.3, 0.4) is 0 Å². The Kier molecular flexibility index (Phi) is 7.53. The molecule has 9 rings (SSSR count). The number of amides is 2. The molecule has 3 N–H and O–H groups in total. The van der Waals surface area contributed by atoms with E-state index in [1.165, 1.54) is 12.8 Å². The highest BCUT2D eigenvalue weighted by atomic mass is 16.5. The monoisotopic (exact) mass is 647 g/mol. The largest absolute Gasteiger partial charge is 0.508 e. The molecule has 2 bridgehead atoms. The zero-order valence-electron chi connectivity index (χ0n) is 27.5. The highest BCUT2D eigenvalue weighted by molar-refractivity contribution is 6.01. The molecule has 1 aromatic heterocycles. The number of rotatable bonds is 7. The fourth-order valence-corrected chi connectivity index (χ4v) is 9.38. The summed E-state index contributed by atoms with van der Waals surface area (Å²) in [4.78, 5) is 30.7. The van der Waals surface area contributed by atoms with Crippen LogP contribution in [0.2, 0.25) is 0 Å². The Balaban J connectivity index is 1.05. The number of anilines is 1. The average molecular weight is 648 g/mol. The van der Waals surface area contributed by atoms with Crippen LogP contribution in [0.1, 0.15) is 44.9 Å². The van der Waals surface area contributed by atoms with Gasteiger partial charge in [-0.2, -0.15) is 9.97 Å². The molecule has 1 unspecified atom stereocenters. The Morgan fingerprint density at radius 1 is 0.979 bits per heavy atom. The van der Waals surface area contributed by atoms with Crippen molar-refractivity contribution >= 4 is 33.5 Å². The molecule has 0 saturated carbocycles. The van der Waals surface area contributed by atoms with Crippen LogP contribution in [0.4, 0.5) is 10.6 Å². The number of hydrogen-bond donors (Lipinski definition) is 3. The maximum absolute atomic E-state index is 13.4. The van der Waals surface area contributed by atoms with Gasteiger partial charge in [0.25, 0.3) is 0 Å². The maximum Gasteiger partial charge on any atom is 0.319 e. The lowest BCUT2D eigenvalue weighted by Gasteiger charge is -2.42. The Morgan fingerprint density at radius 2 is 1.79 bits per heavy atom. The molecule has 0 aliphatic carbocycles. The lowest BCUT2D eigenvalue weighted by atomic mass is 9.95. The third-order valence-corrected chi connectivity index (χ3v) is 11.8. The molecule has 3 aromatic carbocycles. The molecule has 0 spiro atoms. The Labute approximate surface area is 281 Å². The predicted octanol–water partition coefficient (Wildman–Crippen LogP) is 5.13. The molecular weight excluding hydrogens is 602 g/mol. The van der Waals surface area contributed by atoms with Gasteiger partial charge in [-0.05, 0) is 123 Å². The number of aromatic hydroxyl groups is 1. The van der Waals surface area contributed by atoms with E-state index in [9.17, 15) is 9.90 Å². The number of aromatic nitrogens is 2. The Hall–Kier alpha value is -4.15. The SMILES string of the molecule is O=C(NCC1CCNC1)N1[C@@H]2CC[C@H]1CN(c1nc(OCC34CCCN3CCC4)nc3cc(-c4cc(O)cc5ccccc45)ccc13)C2. The van der Waals surface area contributed by atoms with Crippen LogP contribution in [0.5, 0.6) is 11.8 Å². The number of phenols is 1. The normalized spacial score (nSPS) is 24.9. The molecule has 10 heteroatoms. The molecule has 48 heavy (non-hydrogen) atoms. The first-order valence-corrected chi connectivity index (χ1v) is 18.0. The van der Waals surface area contributed by atoms with Gasteiger partial charge in [-0.3, -0.25) is 4.90 Å². The van der Waals surface area contributed by atoms with Crippen molar-refractivity contribution in [2.45, 2.75) is 62.6 Å². The summed E-state index contributed by atoms with van der Waals surface area (Å²) in [5.74, 6) is 1.63. The predicted molar refractivity (Wildman–Crippen MR) is 188 cm³/mol. The number of benzene rings is 3. The van der Waals surface area contributed by atoms with Gasteiger partial charge in [-0.25, -0.2) is 4.79 Å². The smallest absolute Gasteiger partial charge is 0.319 e. The molecule has 10 nitrogen and oxygen atoms in total. The molecule has 5 saturated heterocycles. The van der Waals surface area contributed by atoms with Crippen molar-refractivity contribution in [1.82, 2.24) is 30.4 Å². The highest BCUT2D eigenvalue weighted by Gasteiger charge is 2.46. The number of phenolic OH excluding ortho intramolecular Hbond substituents is 1. The second-order valence-corrected chi connectivity index (χ2v) is 14.7. The number of piperazine rings is 1. The van der Waals surface area contributed by atoms with Crippen molar-refractivity contribution in [3.8, 4) is 22.9 Å². The first kappa shape index (κ1) is 29.9. The summed E-state index contributed by atoms with van der Waals surface area (Å²) < 4.78 is 6.57. The van der Waals surface area contributed by atoms with Gasteiger partial charge >= 0.3 is 12.0 Å². The second-order valence-electron chi connectivity index (χ2n) is 14.7. The van der Waals surface area contributed by atoms with Crippen molar-refractivity contribution in [1.29, 1.82) is 0 Å². The van der Waals surface area contributed by atoms with Gasteiger partial charge in [0.15, 0.2) is 0 Å². The van der Waals surface area contributed by atoms with Crippen molar-refractivity contribution < 1.29 is 14.6 Å². The summed E-state index contributed by atoms with van der Waals surface area (Å²) in [6.45, 7) is 7.11. The van der Waals surface area contributed by atoms with E-state index >= 15 is 0 Å². The third-order valence-electron chi connectivity index (χ3n) is 11.8. The number of carbonyl (C=O) groups excluding carboxylic acids is 1. The lowest BCUT2D eigenvalue weighted by Crippen LogP contribution is -2.58. The van der Waals surface area contributed by atoms with Gasteiger partial charge < -0.3 is 30.3 Å². The molecule has 4 aromatic rings. The van der Waals surface area contributed by atoms with Crippen LogP contribution >= 0.6 is 0 Å². The van der Waals surface area contributed by atoms with E-state index < -0.39 is 0 Å². The van der Waals surface area contributed by atoms with Crippen molar-refractivity contribution in [3.63, 3.8) is 0 Å². The fourth-order valence-electron chi connectivity index (χ4n) is 9.38. The topological polar surface area (TPSA) is 106 Å². The molecule has 5 aliphatic heterocycles. The fraction of sp³-hybridized carbons (Fsp3) is 0.500. The molecular formula is C38H45N7O3. The van der Waals surface area contributed by atoms with E-state index in [0.717, 1.165) is 117 Å². The molecule has 5 fully saturated rings. The van der Waals surface area contributed by atoms with Crippen LogP contribution in [-0.4, -0.2) is 101 Å². The number of hydrogen-bond acceptors (Lipinski definition) is 8. The third kappa shape index (κ3) is 5.29. The van der Waals surface area contributed by atoms with Gasteiger partial charge in [-0.15, -0.1) is 0 Å². The van der Waals surface area contributed by atoms with Gasteiger partial charge in [0.2, 0.25) is 0 Å². The van der Waals surface area contributed by atoms with Gasteiger partial charge in [0.05, 0.1) is 23.1 Å². The van der Waals surface area contributed by atoms with Gasteiger partial charge in [-0.1, -0.05) is 30.3 Å². The first-order chi connectivity index (χ1) is 23.5. The zero-order chi connectivity index (χ0) is 32.2. The van der Waals surface area contributed by atoms with Crippen molar-refractivity contribution in [3.05, 3.63) is 54.6 Å². The number of ether oxygens (including phenoxy) is 1. The number of nitrogens with zero attached hydrogens (tertiary/aromatic N) is 5. The minimum atomic E-state index is 0.0746. The van der Waals surface area contributed by atoms with Crippen molar-refractivity contribution in [2.24, 2.45) is 5.92 Å². The Morgan fingerprint density at radius 3 is 2.58 bits per heavy atom. The minimum absolute atomic E-state index is 0.0746. The highest BCUT2D eigenvalue weighted by Crippen LogP contribution is 2.41. The van der Waals surface area contributed by atoms with Gasteiger partial charge in [0, 0.05) is 25.0 Å². The van der Waals surface area contributed by atoms with E-state index in [1.54, 1.807) is 6.07 Å². The minimum Gasteiger partial charge on any atom is -0.508 e. The molecule has 5 aliphatic rings. The van der Waals surface area contributed by atoms with Crippen LogP contribution in [0.25, 0.3) is 32.8 Å². The summed E-state index contributed by atoms with van der Waals surface area (Å²) in [6.07, 6.45) is 7.87. The maximum atomic E-state index is 13.4. The van der Waals surface area contributed by atoms with E-state index in [4.69, 9.17) is 14.7 Å². The molecule has 2 amide bonds. The average Bonchev–Trinajstić information content (AvgIpc) is 3.90. The summed E-state index contributed by atoms with van der Waals surface area (Å²) >= 11 is 0. The number of fused-ring (bicyclic) bond motifs is 5. The summed E-state index contributed by atoms with van der Waals surface area (Å²) in [5.41, 5.74) is 2.87. The molecule has 0 radical (unpaired) electrons. The first-order valence-electron chi connectivity index (χ1n) is 18.0. The van der Waals surface area contributed by atoms with Crippen LogP contribution < -0.4 is 20.3 Å². The second kappa shape index (κ2) is 12.1. The standard InChI is InChI=1S/C38H45N7O3/c46-30-17-26-5-1-2-6-31(26)33(19-30)27-7-10-32-34(18-27)41-36(48-24-38-12-3-15-44(38)16-4-13-38)42-35(32)43-22-28-8-9-29(23-43)45(28)37(47)40-21-25-11-14-39-20-25/h1-2,5-7,10,17-19,25,28-29,39,46H,3-4,8-9,11-16,20-24H2,(H,40,47)/t25?,28-,29+. The van der Waals surface area contributed by atoms with Crippen molar-refractivity contribution in [2.75, 3.05) is 57.3 Å². The number of nitrogens with one attached hydrogen (secondary N) is 2. The lowest BCUT2D eigenvalue weighted by molar-refractivity contribution is 0.108. The summed E-state index contributed by atoms with van der Waals surface area (Å²) in [5, 5.41) is 20.3. The quantitative estimate of drug-likeness (QED) is 0.254. The number of urea groups is 1. The van der Waals surface area contributed by atoms with Crippen LogP contribution in [0.15, 0.2) is 54.6 Å². The van der Waals surface area contributed by atoms with E-state index in [-0.39, 0.29) is 29.4 Å². The van der Waals surface area contributed by atoms with Crippen LogP contribution in [-0.2, 0) is 0 Å². The number of carbonyl (C=O) groups is 1. The molecule has 3 atom stereocenters. The van der Waals surface area contributed by atoms with E-state index in [2.05, 4.69) is 49.6 Å². The summed E-state index contributed by atoms with van der Waals surface area (Å²) in [7, 11) is 0. The molecule has 6 heterocycles. The van der Waals surface area contributed by atoms with Crippen LogP contribution in [0, 0.1) is 5.92 Å². The zero-order valence-corrected chi connectivity index (χ0v) is 27.5.